The molecule has 1 saturated heterocycles. The lowest BCUT2D eigenvalue weighted by Gasteiger charge is -2.32. The summed E-state index contributed by atoms with van der Waals surface area (Å²) in [4.78, 5) is 6.78. The number of piperidine rings is 1. The van der Waals surface area contributed by atoms with Crippen LogP contribution < -0.4 is 15.4 Å². The number of ether oxygens (including phenoxy) is 1. The first-order valence-corrected chi connectivity index (χ1v) is 8.68. The first kappa shape index (κ1) is 18.5. The van der Waals surface area contributed by atoms with E-state index in [1.165, 1.54) is 26.1 Å². The number of benzene rings is 1. The van der Waals surface area contributed by atoms with Crippen LogP contribution in [0.3, 0.4) is 0 Å². The molecule has 0 aliphatic carbocycles. The molecule has 0 aromatic heterocycles. The number of likely N-dealkylation sites (tertiary alicyclic amines) is 1. The topological polar surface area (TPSA) is 48.9 Å². The number of hydrogen-bond acceptors (Lipinski definition) is 3. The van der Waals surface area contributed by atoms with Crippen molar-refractivity contribution in [3.05, 3.63) is 29.6 Å². The van der Waals surface area contributed by atoms with Gasteiger partial charge in [0.05, 0.1) is 7.11 Å². The van der Waals surface area contributed by atoms with Crippen molar-refractivity contribution in [1.29, 1.82) is 0 Å². The van der Waals surface area contributed by atoms with Crippen LogP contribution in [0.5, 0.6) is 5.75 Å². The average molecular weight is 336 g/mol. The van der Waals surface area contributed by atoms with Gasteiger partial charge >= 0.3 is 0 Å². The minimum Gasteiger partial charge on any atom is -0.494 e. The van der Waals surface area contributed by atoms with E-state index >= 15 is 0 Å². The van der Waals surface area contributed by atoms with Crippen LogP contribution in [0.15, 0.2) is 23.2 Å². The van der Waals surface area contributed by atoms with Crippen LogP contribution in [-0.4, -0.2) is 50.7 Å². The molecule has 2 N–H and O–H groups in total. The van der Waals surface area contributed by atoms with Gasteiger partial charge in [-0.25, -0.2) is 4.39 Å². The molecule has 1 heterocycles. The Kier molecular flexibility index (Phi) is 7.31. The van der Waals surface area contributed by atoms with Gasteiger partial charge < -0.3 is 20.3 Å². The molecule has 1 aliphatic heterocycles. The van der Waals surface area contributed by atoms with E-state index in [9.17, 15) is 4.39 Å². The zero-order chi connectivity index (χ0) is 17.4. The van der Waals surface area contributed by atoms with Gasteiger partial charge in [-0.2, -0.15) is 0 Å². The summed E-state index contributed by atoms with van der Waals surface area (Å²) < 4.78 is 18.7. The van der Waals surface area contributed by atoms with Gasteiger partial charge in [0.1, 0.15) is 0 Å². The zero-order valence-electron chi connectivity index (χ0n) is 14.9. The molecule has 0 bridgehead atoms. The summed E-state index contributed by atoms with van der Waals surface area (Å²) in [6.07, 6.45) is 3.45. The Morgan fingerprint density at radius 2 is 2.12 bits per heavy atom. The number of hydrogen-bond donors (Lipinski definition) is 2. The second kappa shape index (κ2) is 9.47. The Morgan fingerprint density at radius 3 is 2.71 bits per heavy atom. The van der Waals surface area contributed by atoms with Crippen LogP contribution in [0.1, 0.15) is 31.7 Å². The Labute approximate surface area is 144 Å². The number of halogens is 1. The maximum atomic E-state index is 13.7. The van der Waals surface area contributed by atoms with Gasteiger partial charge in [-0.1, -0.05) is 13.0 Å². The molecule has 1 fully saturated rings. The second-order valence-electron chi connectivity index (χ2n) is 6.15. The quantitative estimate of drug-likeness (QED) is 0.619. The largest absolute Gasteiger partial charge is 0.494 e. The Bertz CT molecular complexity index is 542. The van der Waals surface area contributed by atoms with Crippen molar-refractivity contribution in [2.24, 2.45) is 4.99 Å². The van der Waals surface area contributed by atoms with Crippen molar-refractivity contribution >= 4 is 5.96 Å². The lowest BCUT2D eigenvalue weighted by Crippen LogP contribution is -2.48. The van der Waals surface area contributed by atoms with E-state index in [0.717, 1.165) is 37.5 Å². The Morgan fingerprint density at radius 1 is 1.38 bits per heavy atom. The van der Waals surface area contributed by atoms with Crippen molar-refractivity contribution in [3.8, 4) is 5.75 Å². The normalized spacial score (nSPS) is 16.9. The summed E-state index contributed by atoms with van der Waals surface area (Å²) >= 11 is 0. The van der Waals surface area contributed by atoms with Gasteiger partial charge in [0.15, 0.2) is 17.5 Å². The van der Waals surface area contributed by atoms with E-state index in [-0.39, 0.29) is 11.6 Å². The van der Waals surface area contributed by atoms with E-state index < -0.39 is 0 Å². The fourth-order valence-corrected chi connectivity index (χ4v) is 3.01. The van der Waals surface area contributed by atoms with E-state index in [4.69, 9.17) is 4.74 Å². The standard InChI is InChI=1S/C18H29FN4O/c1-4-9-23-10-7-15(8-11-23)22-18(20-2)21-13-14-5-6-17(24-3)16(19)12-14/h5-6,12,15H,4,7-11,13H2,1-3H3,(H2,20,21,22). The SMILES string of the molecule is CCCN1CCC(NC(=NC)NCc2ccc(OC)c(F)c2)CC1. The molecule has 6 heteroatoms. The van der Waals surface area contributed by atoms with E-state index in [2.05, 4.69) is 27.4 Å². The van der Waals surface area contributed by atoms with Gasteiger partial charge in [-0.05, 0) is 43.5 Å². The average Bonchev–Trinajstić information content (AvgIpc) is 2.60. The number of nitrogens with zero attached hydrogens (tertiary/aromatic N) is 2. The van der Waals surface area contributed by atoms with Crippen LogP contribution in [-0.2, 0) is 6.54 Å². The third-order valence-electron chi connectivity index (χ3n) is 4.37. The molecule has 0 atom stereocenters. The predicted molar refractivity (Wildman–Crippen MR) is 96.0 cm³/mol. The highest BCUT2D eigenvalue weighted by molar-refractivity contribution is 5.79. The highest BCUT2D eigenvalue weighted by Gasteiger charge is 2.19. The highest BCUT2D eigenvalue weighted by Crippen LogP contribution is 2.17. The third kappa shape index (κ3) is 5.37. The van der Waals surface area contributed by atoms with Crippen LogP contribution in [0.2, 0.25) is 0 Å². The summed E-state index contributed by atoms with van der Waals surface area (Å²) in [5.74, 6) is 0.684. The molecular weight excluding hydrogens is 307 g/mol. The minimum atomic E-state index is -0.344. The van der Waals surface area contributed by atoms with Crippen LogP contribution >= 0.6 is 0 Å². The Balaban J connectivity index is 1.80. The smallest absolute Gasteiger partial charge is 0.191 e. The monoisotopic (exact) mass is 336 g/mol. The third-order valence-corrected chi connectivity index (χ3v) is 4.37. The molecule has 0 amide bonds. The number of aliphatic imine (C=N–C) groups is 1. The van der Waals surface area contributed by atoms with Gasteiger partial charge in [0.2, 0.25) is 0 Å². The zero-order valence-corrected chi connectivity index (χ0v) is 14.9. The molecular formula is C18H29FN4O. The van der Waals surface area contributed by atoms with Crippen molar-refractivity contribution < 1.29 is 9.13 Å². The molecule has 5 nitrogen and oxygen atoms in total. The lowest BCUT2D eigenvalue weighted by molar-refractivity contribution is 0.206. The van der Waals surface area contributed by atoms with Crippen LogP contribution in [0.4, 0.5) is 4.39 Å². The van der Waals surface area contributed by atoms with Crippen molar-refractivity contribution in [2.45, 2.75) is 38.8 Å². The fraction of sp³-hybridized carbons (Fsp3) is 0.611. The molecule has 24 heavy (non-hydrogen) atoms. The molecule has 1 aromatic carbocycles. The number of nitrogens with one attached hydrogen (secondary N) is 2. The molecule has 1 aliphatic rings. The summed E-state index contributed by atoms with van der Waals surface area (Å²) in [7, 11) is 3.23. The maximum Gasteiger partial charge on any atom is 0.191 e. The summed E-state index contributed by atoms with van der Waals surface area (Å²) in [5.41, 5.74) is 0.856. The molecule has 0 saturated carbocycles. The molecule has 0 radical (unpaired) electrons. The number of guanidine groups is 1. The van der Waals surface area contributed by atoms with Crippen molar-refractivity contribution in [1.82, 2.24) is 15.5 Å². The molecule has 1 aromatic rings. The van der Waals surface area contributed by atoms with Gasteiger partial charge in [-0.3, -0.25) is 4.99 Å². The van der Waals surface area contributed by atoms with Crippen molar-refractivity contribution in [2.75, 3.05) is 33.8 Å². The summed E-state index contributed by atoms with van der Waals surface area (Å²) in [6, 6.07) is 5.43. The van der Waals surface area contributed by atoms with Crippen molar-refractivity contribution in [3.63, 3.8) is 0 Å². The maximum absolute atomic E-state index is 13.7. The molecule has 2 rings (SSSR count). The van der Waals surface area contributed by atoms with Gasteiger partial charge in [0, 0.05) is 32.7 Å². The van der Waals surface area contributed by atoms with Crippen LogP contribution in [0.25, 0.3) is 0 Å². The van der Waals surface area contributed by atoms with E-state index in [0.29, 0.717) is 12.6 Å². The second-order valence-corrected chi connectivity index (χ2v) is 6.15. The lowest BCUT2D eigenvalue weighted by atomic mass is 10.1. The van der Waals surface area contributed by atoms with E-state index in [1.807, 2.05) is 6.07 Å². The van der Waals surface area contributed by atoms with Gasteiger partial charge in [-0.15, -0.1) is 0 Å². The minimum absolute atomic E-state index is 0.264. The predicted octanol–water partition coefficient (Wildman–Crippen LogP) is 2.37. The highest BCUT2D eigenvalue weighted by atomic mass is 19.1. The molecule has 134 valence electrons. The summed E-state index contributed by atoms with van der Waals surface area (Å²) in [6.45, 7) is 6.19. The summed E-state index contributed by atoms with van der Waals surface area (Å²) in [5, 5.41) is 6.72. The fourth-order valence-electron chi connectivity index (χ4n) is 3.01. The van der Waals surface area contributed by atoms with Crippen LogP contribution in [0, 0.1) is 5.82 Å². The van der Waals surface area contributed by atoms with E-state index in [1.54, 1.807) is 13.1 Å². The van der Waals surface area contributed by atoms with Gasteiger partial charge in [0.25, 0.3) is 0 Å². The first-order chi connectivity index (χ1) is 11.7. The number of rotatable bonds is 6. The first-order valence-electron chi connectivity index (χ1n) is 8.68. The Hall–Kier alpha value is -1.82. The molecule has 0 unspecified atom stereocenters. The number of methoxy groups -OCH3 is 1. The molecule has 0 spiro atoms.